The van der Waals surface area contributed by atoms with Crippen molar-refractivity contribution in [3.63, 3.8) is 0 Å². The Morgan fingerprint density at radius 1 is 0.870 bits per heavy atom. The molecule has 2 rings (SSSR count). The Morgan fingerprint density at radius 3 is 1.70 bits per heavy atom. The highest BCUT2D eigenvalue weighted by atomic mass is 79.9. The van der Waals surface area contributed by atoms with Gasteiger partial charge < -0.3 is 0 Å². The topological polar surface area (TPSA) is 72.6 Å². The van der Waals surface area contributed by atoms with Crippen LogP contribution in [0.4, 0.5) is 0 Å². The largest absolute Gasteiger partial charge is 0.266 e. The predicted molar refractivity (Wildman–Crippen MR) is 105 cm³/mol. The molecule has 0 spiro atoms. The van der Waals surface area contributed by atoms with Gasteiger partial charge in [-0.15, -0.1) is 12.4 Å². The summed E-state index contributed by atoms with van der Waals surface area (Å²) in [5, 5.41) is 15.6. The fourth-order valence-corrected chi connectivity index (χ4v) is 2.38. The maximum atomic E-state index is 7.64. The highest BCUT2D eigenvalue weighted by Crippen LogP contribution is 2.10. The lowest BCUT2D eigenvalue weighted by Crippen LogP contribution is -2.29. The summed E-state index contributed by atoms with van der Waals surface area (Å²) >= 11 is 6.77. The second-order valence-electron chi connectivity index (χ2n) is 4.23. The number of benzene rings is 2. The van der Waals surface area contributed by atoms with Gasteiger partial charge in [0.15, 0.2) is 0 Å². The van der Waals surface area contributed by atoms with E-state index in [0.29, 0.717) is 0 Å². The number of hydrazone groups is 2. The minimum Gasteiger partial charge on any atom is -0.266 e. The van der Waals surface area contributed by atoms with Crippen LogP contribution in [0, 0.1) is 5.41 Å². The van der Waals surface area contributed by atoms with Gasteiger partial charge in [-0.3, -0.25) is 5.41 Å². The van der Waals surface area contributed by atoms with Crippen LogP contribution in [0.15, 0.2) is 67.7 Å². The lowest BCUT2D eigenvalue weighted by molar-refractivity contribution is 0.893. The third-order valence-electron chi connectivity index (χ3n) is 2.48. The van der Waals surface area contributed by atoms with Crippen molar-refractivity contribution < 1.29 is 0 Å². The summed E-state index contributed by atoms with van der Waals surface area (Å²) in [6, 6.07) is 15.4. The Kier molecular flexibility index (Phi) is 8.53. The van der Waals surface area contributed by atoms with Crippen molar-refractivity contribution in [2.45, 2.75) is 0 Å². The van der Waals surface area contributed by atoms with Gasteiger partial charge in [0, 0.05) is 8.95 Å². The van der Waals surface area contributed by atoms with Gasteiger partial charge in [-0.05, 0) is 35.4 Å². The SMILES string of the molecule is Cl.N=C(NN=Cc1cccc(Br)c1)NN=Cc1cccc(Br)c1. The van der Waals surface area contributed by atoms with E-state index in [1.54, 1.807) is 12.4 Å². The van der Waals surface area contributed by atoms with Crippen LogP contribution >= 0.6 is 44.3 Å². The number of halogens is 3. The monoisotopic (exact) mass is 457 g/mol. The summed E-state index contributed by atoms with van der Waals surface area (Å²) in [6.45, 7) is 0. The average Bonchev–Trinajstić information content (AvgIpc) is 2.47. The van der Waals surface area contributed by atoms with Gasteiger partial charge >= 0.3 is 0 Å². The van der Waals surface area contributed by atoms with E-state index in [1.165, 1.54) is 0 Å². The van der Waals surface area contributed by atoms with Gasteiger partial charge in [-0.2, -0.15) is 10.2 Å². The lowest BCUT2D eigenvalue weighted by Gasteiger charge is -2.01. The Hall–Kier alpha value is -1.70. The molecular formula is C15H14Br2ClN5. The fraction of sp³-hybridized carbons (Fsp3) is 0. The van der Waals surface area contributed by atoms with E-state index in [1.807, 2.05) is 48.5 Å². The first-order valence-electron chi connectivity index (χ1n) is 6.31. The molecule has 2 aromatic rings. The maximum Gasteiger partial charge on any atom is 0.230 e. The van der Waals surface area contributed by atoms with E-state index in [0.717, 1.165) is 20.1 Å². The third kappa shape index (κ3) is 7.40. The van der Waals surface area contributed by atoms with Crippen LogP contribution in [0.1, 0.15) is 11.1 Å². The zero-order valence-electron chi connectivity index (χ0n) is 11.8. The molecular weight excluding hydrogens is 445 g/mol. The zero-order chi connectivity index (χ0) is 15.8. The van der Waals surface area contributed by atoms with Crippen molar-refractivity contribution in [1.82, 2.24) is 10.9 Å². The number of hydrogen-bond acceptors (Lipinski definition) is 3. The van der Waals surface area contributed by atoms with Crippen LogP contribution in [0.25, 0.3) is 0 Å². The number of rotatable bonds is 4. The van der Waals surface area contributed by atoms with Gasteiger partial charge in [0.2, 0.25) is 5.96 Å². The Balaban J connectivity index is 0.00000264. The number of guanidine groups is 1. The fourth-order valence-electron chi connectivity index (χ4n) is 1.54. The molecule has 23 heavy (non-hydrogen) atoms. The summed E-state index contributed by atoms with van der Waals surface area (Å²) in [7, 11) is 0. The maximum absolute atomic E-state index is 7.64. The van der Waals surface area contributed by atoms with E-state index >= 15 is 0 Å². The first kappa shape index (κ1) is 19.3. The molecule has 3 N–H and O–H groups in total. The average molecular weight is 460 g/mol. The van der Waals surface area contributed by atoms with Crippen molar-refractivity contribution in [2.75, 3.05) is 0 Å². The molecule has 0 atom stereocenters. The zero-order valence-corrected chi connectivity index (χ0v) is 15.8. The number of nitrogens with zero attached hydrogens (tertiary/aromatic N) is 2. The highest BCUT2D eigenvalue weighted by molar-refractivity contribution is 9.10. The van der Waals surface area contributed by atoms with Gasteiger partial charge in [-0.25, -0.2) is 10.9 Å². The lowest BCUT2D eigenvalue weighted by atomic mass is 10.2. The van der Waals surface area contributed by atoms with Crippen molar-refractivity contribution in [3.05, 3.63) is 68.6 Å². The molecule has 0 saturated carbocycles. The third-order valence-corrected chi connectivity index (χ3v) is 3.46. The Labute approximate surface area is 157 Å². The van der Waals surface area contributed by atoms with Crippen molar-refractivity contribution in [2.24, 2.45) is 10.2 Å². The molecule has 0 fully saturated rings. The minimum atomic E-state index is -0.0162. The van der Waals surface area contributed by atoms with Crippen LogP contribution in [-0.2, 0) is 0 Å². The molecule has 0 unspecified atom stereocenters. The molecule has 0 aliphatic carbocycles. The second-order valence-corrected chi connectivity index (χ2v) is 6.06. The Morgan fingerprint density at radius 2 is 1.30 bits per heavy atom. The molecule has 0 saturated heterocycles. The predicted octanol–water partition coefficient (Wildman–Crippen LogP) is 4.12. The molecule has 0 aromatic heterocycles. The van der Waals surface area contributed by atoms with E-state index in [9.17, 15) is 0 Å². The summed E-state index contributed by atoms with van der Waals surface area (Å²) in [4.78, 5) is 0. The van der Waals surface area contributed by atoms with Crippen molar-refractivity contribution in [3.8, 4) is 0 Å². The second kappa shape index (κ2) is 10.1. The van der Waals surface area contributed by atoms with Crippen LogP contribution in [0.5, 0.6) is 0 Å². The molecule has 0 aliphatic rings. The molecule has 8 heteroatoms. The van der Waals surface area contributed by atoms with Crippen LogP contribution < -0.4 is 10.9 Å². The van der Waals surface area contributed by atoms with E-state index in [2.05, 4.69) is 52.9 Å². The van der Waals surface area contributed by atoms with Crippen LogP contribution in [0.2, 0.25) is 0 Å². The molecule has 0 heterocycles. The smallest absolute Gasteiger partial charge is 0.230 e. The molecule has 2 aromatic carbocycles. The summed E-state index contributed by atoms with van der Waals surface area (Å²) < 4.78 is 1.95. The van der Waals surface area contributed by atoms with Crippen molar-refractivity contribution >= 4 is 62.7 Å². The molecule has 0 bridgehead atoms. The molecule has 0 aliphatic heterocycles. The normalized spacial score (nSPS) is 10.5. The van der Waals surface area contributed by atoms with Gasteiger partial charge in [0.25, 0.3) is 0 Å². The molecule has 120 valence electrons. The quantitative estimate of drug-likeness (QED) is 0.366. The van der Waals surface area contributed by atoms with Crippen LogP contribution in [0.3, 0.4) is 0 Å². The highest BCUT2D eigenvalue weighted by Gasteiger charge is 1.92. The summed E-state index contributed by atoms with van der Waals surface area (Å²) in [5.41, 5.74) is 6.95. The van der Waals surface area contributed by atoms with E-state index in [4.69, 9.17) is 5.41 Å². The molecule has 0 radical (unpaired) electrons. The molecule has 5 nitrogen and oxygen atoms in total. The van der Waals surface area contributed by atoms with Crippen LogP contribution in [-0.4, -0.2) is 18.4 Å². The minimum absolute atomic E-state index is 0. The van der Waals surface area contributed by atoms with E-state index < -0.39 is 0 Å². The summed E-state index contributed by atoms with van der Waals surface area (Å²) in [6.07, 6.45) is 3.25. The standard InChI is InChI=1S/C15H13Br2N5.ClH/c16-13-5-1-3-11(7-13)9-19-21-15(18)22-20-10-12-4-2-6-14(17)8-12;/h1-10H,(H3,18,21,22);1H. The van der Waals surface area contributed by atoms with Gasteiger partial charge in [-0.1, -0.05) is 56.1 Å². The Bertz CT molecular complexity index is 659. The van der Waals surface area contributed by atoms with Gasteiger partial charge in [0.1, 0.15) is 0 Å². The first-order chi connectivity index (χ1) is 10.6. The number of hydrogen-bond donors (Lipinski definition) is 3. The summed E-state index contributed by atoms with van der Waals surface area (Å²) in [5.74, 6) is -0.0162. The van der Waals surface area contributed by atoms with E-state index in [-0.39, 0.29) is 18.4 Å². The first-order valence-corrected chi connectivity index (χ1v) is 7.90. The number of nitrogens with one attached hydrogen (secondary N) is 3. The molecule has 0 amide bonds. The van der Waals surface area contributed by atoms with Gasteiger partial charge in [0.05, 0.1) is 12.4 Å². The van der Waals surface area contributed by atoms with Crippen molar-refractivity contribution in [1.29, 1.82) is 5.41 Å².